The van der Waals surface area contributed by atoms with Crippen LogP contribution in [-0.4, -0.2) is 21.9 Å². The zero-order valence-electron chi connectivity index (χ0n) is 11.2. The second-order valence-corrected chi connectivity index (χ2v) is 6.19. The van der Waals surface area contributed by atoms with E-state index in [1.807, 2.05) is 16.8 Å². The summed E-state index contributed by atoms with van der Waals surface area (Å²) in [5.41, 5.74) is 0.944. The minimum absolute atomic E-state index is 0.102. The summed E-state index contributed by atoms with van der Waals surface area (Å²) in [7, 11) is 0. The molecule has 5 nitrogen and oxygen atoms in total. The average molecular weight is 352 g/mol. The number of hydrogen-bond acceptors (Lipinski definition) is 6. The number of carbonyl (C=O) groups excluding carboxylic acids is 1. The second kappa shape index (κ2) is 6.87. The molecule has 0 atom stereocenters. The molecule has 0 aliphatic rings. The molecule has 22 heavy (non-hydrogen) atoms. The Morgan fingerprint density at radius 1 is 1.27 bits per heavy atom. The number of ether oxygens (including phenoxy) is 1. The summed E-state index contributed by atoms with van der Waals surface area (Å²) in [5, 5.41) is 7.64. The number of halogens is 1. The molecule has 1 amide bonds. The van der Waals surface area contributed by atoms with Gasteiger partial charge in [0.05, 0.1) is 0 Å². The Labute approximate surface area is 139 Å². The first kappa shape index (κ1) is 15.0. The largest absolute Gasteiger partial charge is 0.484 e. The molecule has 3 rings (SSSR count). The zero-order valence-corrected chi connectivity index (χ0v) is 13.5. The standard InChI is InChI=1S/C14H10ClN3O2S2/c15-10-1-3-11(4-2-10)20-7-12(19)16-14-17-13(18-22-14)9-5-6-21-8-9/h1-6,8H,7H2,(H,16,17,18,19). The van der Waals surface area contributed by atoms with E-state index in [0.717, 1.165) is 17.1 Å². The van der Waals surface area contributed by atoms with Crippen molar-refractivity contribution in [3.63, 3.8) is 0 Å². The summed E-state index contributed by atoms with van der Waals surface area (Å²) in [6.45, 7) is -0.102. The van der Waals surface area contributed by atoms with Crippen molar-refractivity contribution in [1.82, 2.24) is 9.36 Å². The Bertz CT molecular complexity index is 757. The van der Waals surface area contributed by atoms with Gasteiger partial charge in [-0.3, -0.25) is 10.1 Å². The lowest BCUT2D eigenvalue weighted by molar-refractivity contribution is -0.118. The van der Waals surface area contributed by atoms with Gasteiger partial charge >= 0.3 is 0 Å². The molecule has 0 unspecified atom stereocenters. The molecule has 1 aromatic carbocycles. The van der Waals surface area contributed by atoms with Gasteiger partial charge in [-0.05, 0) is 35.7 Å². The maximum absolute atomic E-state index is 11.8. The van der Waals surface area contributed by atoms with E-state index < -0.39 is 0 Å². The lowest BCUT2D eigenvalue weighted by Crippen LogP contribution is -2.20. The second-order valence-electron chi connectivity index (χ2n) is 4.23. The summed E-state index contributed by atoms with van der Waals surface area (Å²) >= 11 is 8.49. The molecule has 2 heterocycles. The fraction of sp³-hybridized carbons (Fsp3) is 0.0714. The fourth-order valence-corrected chi connectivity index (χ4v) is 2.98. The third-order valence-corrected chi connectivity index (χ3v) is 4.20. The summed E-state index contributed by atoms with van der Waals surface area (Å²) in [6.07, 6.45) is 0. The van der Waals surface area contributed by atoms with Crippen molar-refractivity contribution in [3.05, 3.63) is 46.1 Å². The van der Waals surface area contributed by atoms with Gasteiger partial charge in [0.2, 0.25) is 5.13 Å². The van der Waals surface area contributed by atoms with Crippen LogP contribution >= 0.6 is 34.5 Å². The number of amides is 1. The maximum Gasteiger partial charge on any atom is 0.264 e. The minimum Gasteiger partial charge on any atom is -0.484 e. The van der Waals surface area contributed by atoms with Crippen LogP contribution in [0.15, 0.2) is 41.1 Å². The van der Waals surface area contributed by atoms with Crippen LogP contribution in [0.2, 0.25) is 5.02 Å². The highest BCUT2D eigenvalue weighted by molar-refractivity contribution is 7.10. The van der Waals surface area contributed by atoms with Crippen molar-refractivity contribution in [2.24, 2.45) is 0 Å². The van der Waals surface area contributed by atoms with Crippen molar-refractivity contribution in [2.45, 2.75) is 0 Å². The Morgan fingerprint density at radius 3 is 2.82 bits per heavy atom. The smallest absolute Gasteiger partial charge is 0.264 e. The van der Waals surface area contributed by atoms with Gasteiger partial charge in [0.15, 0.2) is 12.4 Å². The van der Waals surface area contributed by atoms with Gasteiger partial charge in [-0.2, -0.15) is 20.7 Å². The summed E-state index contributed by atoms with van der Waals surface area (Å²) in [4.78, 5) is 16.1. The number of hydrogen-bond donors (Lipinski definition) is 1. The van der Waals surface area contributed by atoms with Gasteiger partial charge in [-0.15, -0.1) is 0 Å². The summed E-state index contributed by atoms with van der Waals surface area (Å²) < 4.78 is 9.57. The molecule has 0 aliphatic carbocycles. The molecule has 0 saturated heterocycles. The van der Waals surface area contributed by atoms with Gasteiger partial charge in [0, 0.05) is 27.5 Å². The fourth-order valence-electron chi connectivity index (χ4n) is 1.62. The van der Waals surface area contributed by atoms with E-state index in [1.54, 1.807) is 35.6 Å². The van der Waals surface area contributed by atoms with Crippen LogP contribution in [0.1, 0.15) is 0 Å². The SMILES string of the molecule is O=C(COc1ccc(Cl)cc1)Nc1nc(-c2ccsc2)ns1. The zero-order chi connectivity index (χ0) is 15.4. The molecule has 0 spiro atoms. The number of nitrogens with one attached hydrogen (secondary N) is 1. The van der Waals surface area contributed by atoms with Gasteiger partial charge in [0.25, 0.3) is 5.91 Å². The average Bonchev–Trinajstić information content (AvgIpc) is 3.17. The van der Waals surface area contributed by atoms with Crippen molar-refractivity contribution in [1.29, 1.82) is 0 Å². The van der Waals surface area contributed by atoms with E-state index >= 15 is 0 Å². The molecule has 1 N–H and O–H groups in total. The monoisotopic (exact) mass is 351 g/mol. The summed E-state index contributed by atoms with van der Waals surface area (Å²) in [6, 6.07) is 8.74. The van der Waals surface area contributed by atoms with Crippen molar-refractivity contribution < 1.29 is 9.53 Å². The van der Waals surface area contributed by atoms with E-state index in [0.29, 0.717) is 21.7 Å². The number of benzene rings is 1. The number of anilines is 1. The molecular formula is C14H10ClN3O2S2. The highest BCUT2D eigenvalue weighted by Crippen LogP contribution is 2.23. The number of aromatic nitrogens is 2. The Morgan fingerprint density at radius 2 is 2.09 bits per heavy atom. The first-order valence-electron chi connectivity index (χ1n) is 6.25. The lowest BCUT2D eigenvalue weighted by atomic mass is 10.3. The molecular weight excluding hydrogens is 342 g/mol. The van der Waals surface area contributed by atoms with Crippen molar-refractivity contribution in [2.75, 3.05) is 11.9 Å². The van der Waals surface area contributed by atoms with Crippen LogP contribution in [0.4, 0.5) is 5.13 Å². The lowest BCUT2D eigenvalue weighted by Gasteiger charge is -2.05. The van der Waals surface area contributed by atoms with Crippen LogP contribution in [-0.2, 0) is 4.79 Å². The molecule has 112 valence electrons. The highest BCUT2D eigenvalue weighted by Gasteiger charge is 2.10. The molecule has 0 bridgehead atoms. The predicted octanol–water partition coefficient (Wildman–Crippen LogP) is 3.94. The maximum atomic E-state index is 11.8. The number of rotatable bonds is 5. The predicted molar refractivity (Wildman–Crippen MR) is 88.8 cm³/mol. The number of thiophene rings is 1. The first-order chi connectivity index (χ1) is 10.7. The van der Waals surface area contributed by atoms with Crippen LogP contribution in [0.5, 0.6) is 5.75 Å². The highest BCUT2D eigenvalue weighted by atomic mass is 35.5. The van der Waals surface area contributed by atoms with Gasteiger partial charge in [0.1, 0.15) is 5.75 Å². The van der Waals surface area contributed by atoms with Crippen molar-refractivity contribution >= 4 is 45.5 Å². The van der Waals surface area contributed by atoms with Crippen LogP contribution in [0.25, 0.3) is 11.4 Å². The Hall–Kier alpha value is -1.96. The van der Waals surface area contributed by atoms with E-state index in [2.05, 4.69) is 14.7 Å². The number of nitrogens with zero attached hydrogens (tertiary/aromatic N) is 2. The van der Waals surface area contributed by atoms with E-state index in [4.69, 9.17) is 16.3 Å². The summed E-state index contributed by atoms with van der Waals surface area (Å²) in [5.74, 6) is 0.902. The van der Waals surface area contributed by atoms with Crippen LogP contribution < -0.4 is 10.1 Å². The van der Waals surface area contributed by atoms with Crippen LogP contribution in [0, 0.1) is 0 Å². The van der Waals surface area contributed by atoms with Gasteiger partial charge in [-0.25, -0.2) is 0 Å². The Kier molecular flexibility index (Phi) is 4.67. The van der Waals surface area contributed by atoms with E-state index in [9.17, 15) is 4.79 Å². The van der Waals surface area contributed by atoms with Gasteiger partial charge < -0.3 is 4.74 Å². The minimum atomic E-state index is -0.289. The molecule has 8 heteroatoms. The molecule has 0 radical (unpaired) electrons. The van der Waals surface area contributed by atoms with E-state index in [1.165, 1.54) is 0 Å². The molecule has 0 aliphatic heterocycles. The topological polar surface area (TPSA) is 64.1 Å². The Balaban J connectivity index is 1.54. The normalized spacial score (nSPS) is 10.4. The number of carbonyl (C=O) groups is 1. The van der Waals surface area contributed by atoms with E-state index in [-0.39, 0.29) is 12.5 Å². The van der Waals surface area contributed by atoms with Crippen LogP contribution in [0.3, 0.4) is 0 Å². The van der Waals surface area contributed by atoms with Crippen molar-refractivity contribution in [3.8, 4) is 17.1 Å². The third-order valence-electron chi connectivity index (χ3n) is 2.64. The first-order valence-corrected chi connectivity index (χ1v) is 8.34. The molecule has 3 aromatic rings. The quantitative estimate of drug-likeness (QED) is 0.756. The van der Waals surface area contributed by atoms with Gasteiger partial charge in [-0.1, -0.05) is 11.6 Å². The third kappa shape index (κ3) is 3.82. The molecule has 2 aromatic heterocycles. The molecule has 0 fully saturated rings. The molecule has 0 saturated carbocycles.